The highest BCUT2D eigenvalue weighted by Gasteiger charge is 2.37. The van der Waals surface area contributed by atoms with Gasteiger partial charge in [-0.2, -0.15) is 0 Å². The van der Waals surface area contributed by atoms with Crippen LogP contribution in [0, 0.1) is 13.8 Å². The van der Waals surface area contributed by atoms with Crippen LogP contribution in [0.1, 0.15) is 41.9 Å². The molecule has 0 bridgehead atoms. The number of benzene rings is 2. The molecule has 4 amide bonds. The first-order valence-electron chi connectivity index (χ1n) is 11.1. The Kier molecular flexibility index (Phi) is 6.01. The molecule has 0 unspecified atom stereocenters. The van der Waals surface area contributed by atoms with Gasteiger partial charge >= 0.3 is 6.03 Å². The molecule has 4 rings (SSSR count). The second-order valence-corrected chi connectivity index (χ2v) is 8.08. The Bertz CT molecular complexity index is 1300. The third-order valence-corrected chi connectivity index (χ3v) is 6.10. The highest BCUT2D eigenvalue weighted by Crippen LogP contribution is 2.28. The van der Waals surface area contributed by atoms with Crippen molar-refractivity contribution in [3.8, 4) is 5.69 Å². The molecule has 0 saturated carbocycles. The number of barbiturate groups is 1. The van der Waals surface area contributed by atoms with Crippen molar-refractivity contribution < 1.29 is 14.4 Å². The van der Waals surface area contributed by atoms with Crippen LogP contribution in [-0.2, 0) is 22.4 Å². The molecule has 0 atom stereocenters. The Morgan fingerprint density at radius 3 is 2.06 bits per heavy atom. The van der Waals surface area contributed by atoms with Gasteiger partial charge in [0.1, 0.15) is 5.57 Å². The summed E-state index contributed by atoms with van der Waals surface area (Å²) in [5.74, 6) is -1.31. The molecule has 168 valence electrons. The summed E-state index contributed by atoms with van der Waals surface area (Å²) in [4.78, 5) is 39.7. The third-order valence-electron chi connectivity index (χ3n) is 6.10. The van der Waals surface area contributed by atoms with Gasteiger partial charge in [-0.15, -0.1) is 0 Å². The minimum Gasteiger partial charge on any atom is -0.318 e. The molecule has 0 radical (unpaired) electrons. The minimum absolute atomic E-state index is 0.0652. The monoisotopic (exact) mass is 441 g/mol. The smallest absolute Gasteiger partial charge is 0.318 e. The number of rotatable bonds is 5. The molecule has 6 nitrogen and oxygen atoms in total. The average molecular weight is 442 g/mol. The van der Waals surface area contributed by atoms with Gasteiger partial charge in [0.15, 0.2) is 0 Å². The van der Waals surface area contributed by atoms with E-state index in [1.165, 1.54) is 5.56 Å². The average Bonchev–Trinajstić information content (AvgIpc) is 3.09. The van der Waals surface area contributed by atoms with Crippen LogP contribution in [0.25, 0.3) is 11.8 Å². The number of nitrogens with one attached hydrogen (secondary N) is 1. The van der Waals surface area contributed by atoms with E-state index in [1.54, 1.807) is 18.2 Å². The van der Waals surface area contributed by atoms with Crippen molar-refractivity contribution in [1.29, 1.82) is 0 Å². The quantitative estimate of drug-likeness (QED) is 0.453. The summed E-state index contributed by atoms with van der Waals surface area (Å²) in [5.41, 5.74) is 6.23. The third kappa shape index (κ3) is 3.89. The maximum absolute atomic E-state index is 13.4. The van der Waals surface area contributed by atoms with Crippen LogP contribution < -0.4 is 10.2 Å². The first-order valence-corrected chi connectivity index (χ1v) is 11.1. The van der Waals surface area contributed by atoms with E-state index in [-0.39, 0.29) is 5.57 Å². The van der Waals surface area contributed by atoms with Crippen molar-refractivity contribution in [2.75, 3.05) is 4.90 Å². The maximum Gasteiger partial charge on any atom is 0.335 e. The molecule has 2 aromatic carbocycles. The van der Waals surface area contributed by atoms with Gasteiger partial charge in [0.2, 0.25) is 0 Å². The number of para-hydroxylation sites is 2. The molecule has 0 aliphatic carbocycles. The van der Waals surface area contributed by atoms with Gasteiger partial charge in [0, 0.05) is 17.1 Å². The molecule has 0 spiro atoms. The van der Waals surface area contributed by atoms with Crippen molar-refractivity contribution in [3.05, 3.63) is 88.2 Å². The van der Waals surface area contributed by atoms with E-state index in [0.29, 0.717) is 12.1 Å². The second kappa shape index (κ2) is 8.90. The van der Waals surface area contributed by atoms with E-state index >= 15 is 0 Å². The number of hydrogen-bond acceptors (Lipinski definition) is 3. The Morgan fingerprint density at radius 1 is 0.848 bits per heavy atom. The topological polar surface area (TPSA) is 71.4 Å². The molecule has 3 aromatic rings. The molecule has 1 aliphatic rings. The predicted molar refractivity (Wildman–Crippen MR) is 129 cm³/mol. The van der Waals surface area contributed by atoms with Crippen molar-refractivity contribution in [3.63, 3.8) is 0 Å². The fourth-order valence-corrected chi connectivity index (χ4v) is 4.39. The molecule has 1 aromatic heterocycles. The minimum atomic E-state index is -0.731. The molecule has 33 heavy (non-hydrogen) atoms. The summed E-state index contributed by atoms with van der Waals surface area (Å²) < 4.78 is 2.13. The van der Waals surface area contributed by atoms with Crippen LogP contribution in [0.5, 0.6) is 0 Å². The van der Waals surface area contributed by atoms with Crippen molar-refractivity contribution in [2.45, 2.75) is 40.5 Å². The van der Waals surface area contributed by atoms with Gasteiger partial charge in [-0.05, 0) is 67.7 Å². The Morgan fingerprint density at radius 2 is 1.42 bits per heavy atom. The largest absolute Gasteiger partial charge is 0.335 e. The van der Waals surface area contributed by atoms with Crippen molar-refractivity contribution in [2.24, 2.45) is 0 Å². The number of amides is 4. The van der Waals surface area contributed by atoms with Crippen molar-refractivity contribution in [1.82, 2.24) is 9.88 Å². The van der Waals surface area contributed by atoms with Crippen molar-refractivity contribution >= 4 is 29.6 Å². The van der Waals surface area contributed by atoms with Gasteiger partial charge in [-0.3, -0.25) is 14.9 Å². The van der Waals surface area contributed by atoms with E-state index in [1.807, 2.05) is 51.1 Å². The molecule has 1 aliphatic heterocycles. The zero-order valence-corrected chi connectivity index (χ0v) is 19.3. The highest BCUT2D eigenvalue weighted by atomic mass is 16.2. The van der Waals surface area contributed by atoms with E-state index in [9.17, 15) is 14.4 Å². The number of carbonyl (C=O) groups excluding carboxylic acids is 3. The number of anilines is 1. The lowest BCUT2D eigenvalue weighted by atomic mass is 10.0. The van der Waals surface area contributed by atoms with Crippen LogP contribution in [0.2, 0.25) is 0 Å². The molecule has 6 heteroatoms. The zero-order valence-electron chi connectivity index (χ0n) is 19.3. The molecule has 1 N–H and O–H groups in total. The number of carbonyl (C=O) groups is 3. The summed E-state index contributed by atoms with van der Waals surface area (Å²) in [7, 11) is 0. The first kappa shape index (κ1) is 22.3. The summed E-state index contributed by atoms with van der Waals surface area (Å²) in [6.45, 7) is 8.03. The van der Waals surface area contributed by atoms with E-state index < -0.39 is 17.8 Å². The van der Waals surface area contributed by atoms with Gasteiger partial charge in [0.25, 0.3) is 11.8 Å². The molecule has 2 heterocycles. The SMILES string of the molecule is CCc1ccccc1N1C(=O)NC(=O)C(=Cc2cc(C)n(-c3ccccc3CC)c2C)C1=O. The zero-order chi connectivity index (χ0) is 23.7. The number of urea groups is 1. The van der Waals surface area contributed by atoms with E-state index in [0.717, 1.165) is 39.5 Å². The lowest BCUT2D eigenvalue weighted by Gasteiger charge is -2.28. The highest BCUT2D eigenvalue weighted by molar-refractivity contribution is 6.39. The predicted octanol–water partition coefficient (Wildman–Crippen LogP) is 4.89. The Balaban J connectivity index is 1.80. The fraction of sp³-hybridized carbons (Fsp3) is 0.222. The Labute approximate surface area is 193 Å². The summed E-state index contributed by atoms with van der Waals surface area (Å²) in [6.07, 6.45) is 3.12. The van der Waals surface area contributed by atoms with Gasteiger partial charge in [-0.25, -0.2) is 9.69 Å². The first-order chi connectivity index (χ1) is 15.9. The van der Waals surface area contributed by atoms with Gasteiger partial charge in [0.05, 0.1) is 5.69 Å². The molecule has 1 saturated heterocycles. The van der Waals surface area contributed by atoms with Crippen LogP contribution in [0.4, 0.5) is 10.5 Å². The second-order valence-electron chi connectivity index (χ2n) is 8.08. The fourth-order valence-electron chi connectivity index (χ4n) is 4.39. The maximum atomic E-state index is 13.4. The number of aryl methyl sites for hydroxylation is 3. The van der Waals surface area contributed by atoms with Crippen LogP contribution in [0.15, 0.2) is 60.2 Å². The summed E-state index contributed by atoms with van der Waals surface area (Å²) in [6, 6.07) is 16.6. The Hall–Kier alpha value is -3.93. The number of imide groups is 2. The van der Waals surface area contributed by atoms with E-state index in [2.05, 4.69) is 28.9 Å². The van der Waals surface area contributed by atoms with Gasteiger partial charge < -0.3 is 4.57 Å². The number of nitrogens with zero attached hydrogens (tertiary/aromatic N) is 2. The molecular formula is C27H27N3O3. The lowest BCUT2D eigenvalue weighted by Crippen LogP contribution is -2.54. The number of aromatic nitrogens is 1. The van der Waals surface area contributed by atoms with Crippen LogP contribution in [-0.4, -0.2) is 22.4 Å². The summed E-state index contributed by atoms with van der Waals surface area (Å²) in [5, 5.41) is 2.32. The van der Waals surface area contributed by atoms with Crippen LogP contribution in [0.3, 0.4) is 0 Å². The normalized spacial score (nSPS) is 15.3. The lowest BCUT2D eigenvalue weighted by molar-refractivity contribution is -0.122. The molecule has 1 fully saturated rings. The number of hydrogen-bond donors (Lipinski definition) is 1. The van der Waals surface area contributed by atoms with E-state index in [4.69, 9.17) is 0 Å². The van der Waals surface area contributed by atoms with Crippen LogP contribution >= 0.6 is 0 Å². The molecular weight excluding hydrogens is 414 g/mol. The van der Waals surface area contributed by atoms with Gasteiger partial charge in [-0.1, -0.05) is 50.2 Å². The standard InChI is InChI=1S/C27H27N3O3/c1-5-19-11-7-9-13-23(19)29-17(3)15-21(18(29)4)16-22-25(31)28-27(33)30(26(22)32)24-14-10-8-12-20(24)6-2/h7-16H,5-6H2,1-4H3,(H,28,31,33). The summed E-state index contributed by atoms with van der Waals surface area (Å²) >= 11 is 0.